The highest BCUT2D eigenvalue weighted by molar-refractivity contribution is 5.61. The molecule has 2 aromatic heterocycles. The van der Waals surface area contributed by atoms with Gasteiger partial charge in [-0.25, -0.2) is 14.4 Å². The number of rotatable bonds is 3. The summed E-state index contributed by atoms with van der Waals surface area (Å²) in [6, 6.07) is 1.97. The van der Waals surface area contributed by atoms with Crippen LogP contribution in [-0.2, 0) is 6.18 Å². The molecule has 0 spiro atoms. The van der Waals surface area contributed by atoms with Crippen LogP contribution in [0.25, 0.3) is 11.3 Å². The number of aromatic nitrogens is 3. The Labute approximate surface area is 111 Å². The van der Waals surface area contributed by atoms with E-state index in [-0.39, 0.29) is 17.2 Å². The van der Waals surface area contributed by atoms with Crippen molar-refractivity contribution in [1.29, 1.82) is 0 Å². The summed E-state index contributed by atoms with van der Waals surface area (Å²) in [7, 11) is 0. The van der Waals surface area contributed by atoms with E-state index in [0.717, 1.165) is 6.20 Å². The van der Waals surface area contributed by atoms with Crippen LogP contribution in [0.3, 0.4) is 0 Å². The van der Waals surface area contributed by atoms with Gasteiger partial charge in [-0.1, -0.05) is 0 Å². The molecule has 0 fully saturated rings. The van der Waals surface area contributed by atoms with Crippen LogP contribution in [0, 0.1) is 5.82 Å². The topological polar surface area (TPSA) is 50.7 Å². The summed E-state index contributed by atoms with van der Waals surface area (Å²) in [4.78, 5) is 10.8. The smallest absolute Gasteiger partial charge is 0.354 e. The third kappa shape index (κ3) is 3.01. The zero-order chi connectivity index (χ0) is 14.8. The highest BCUT2D eigenvalue weighted by Gasteiger charge is 2.34. The second-order valence-electron chi connectivity index (χ2n) is 3.85. The molecule has 20 heavy (non-hydrogen) atoms. The number of halogens is 4. The number of alkyl halides is 3. The van der Waals surface area contributed by atoms with Gasteiger partial charge in [0.2, 0.25) is 5.95 Å². The van der Waals surface area contributed by atoms with Gasteiger partial charge in [-0.05, 0) is 19.1 Å². The van der Waals surface area contributed by atoms with Gasteiger partial charge in [-0.2, -0.15) is 13.2 Å². The first-order valence-corrected chi connectivity index (χ1v) is 5.72. The Morgan fingerprint density at radius 1 is 1.25 bits per heavy atom. The van der Waals surface area contributed by atoms with Gasteiger partial charge < -0.3 is 5.32 Å². The van der Waals surface area contributed by atoms with Gasteiger partial charge in [0.1, 0.15) is 0 Å². The number of anilines is 1. The van der Waals surface area contributed by atoms with Crippen molar-refractivity contribution in [2.75, 3.05) is 11.9 Å². The quantitative estimate of drug-likeness (QED) is 0.881. The van der Waals surface area contributed by atoms with E-state index in [1.807, 2.05) is 0 Å². The van der Waals surface area contributed by atoms with Crippen molar-refractivity contribution in [1.82, 2.24) is 15.0 Å². The van der Waals surface area contributed by atoms with E-state index in [2.05, 4.69) is 20.3 Å². The van der Waals surface area contributed by atoms with E-state index in [1.54, 1.807) is 6.92 Å². The summed E-state index contributed by atoms with van der Waals surface area (Å²) in [6.07, 6.45) is -2.44. The Kier molecular flexibility index (Phi) is 3.82. The molecule has 0 aliphatic carbocycles. The molecule has 0 bridgehead atoms. The number of nitrogens with one attached hydrogen (secondary N) is 1. The Balaban J connectivity index is 2.58. The molecule has 8 heteroatoms. The summed E-state index contributed by atoms with van der Waals surface area (Å²) in [5.74, 6) is -0.949. The second kappa shape index (κ2) is 5.40. The highest BCUT2D eigenvalue weighted by atomic mass is 19.4. The normalized spacial score (nSPS) is 11.4. The zero-order valence-corrected chi connectivity index (χ0v) is 10.4. The fraction of sp³-hybridized carbons (Fsp3) is 0.250. The van der Waals surface area contributed by atoms with Gasteiger partial charge in [0.25, 0.3) is 0 Å². The minimum absolute atomic E-state index is 0.0629. The third-order valence-corrected chi connectivity index (χ3v) is 2.40. The molecule has 0 amide bonds. The van der Waals surface area contributed by atoms with Crippen LogP contribution >= 0.6 is 0 Å². The molecule has 1 N–H and O–H groups in total. The van der Waals surface area contributed by atoms with Crippen LogP contribution in [0.2, 0.25) is 0 Å². The van der Waals surface area contributed by atoms with Crippen molar-refractivity contribution in [3.63, 3.8) is 0 Å². The molecule has 2 rings (SSSR count). The lowest BCUT2D eigenvalue weighted by Gasteiger charge is -2.11. The van der Waals surface area contributed by atoms with Crippen molar-refractivity contribution in [3.05, 3.63) is 36.0 Å². The van der Waals surface area contributed by atoms with Crippen LogP contribution in [0.5, 0.6) is 0 Å². The minimum atomic E-state index is -4.63. The van der Waals surface area contributed by atoms with Crippen LogP contribution in [0.4, 0.5) is 23.5 Å². The van der Waals surface area contributed by atoms with Crippen molar-refractivity contribution >= 4 is 5.95 Å². The predicted octanol–water partition coefficient (Wildman–Crippen LogP) is 3.13. The van der Waals surface area contributed by atoms with Crippen molar-refractivity contribution in [2.45, 2.75) is 13.1 Å². The fourth-order valence-corrected chi connectivity index (χ4v) is 1.55. The van der Waals surface area contributed by atoms with E-state index in [9.17, 15) is 17.6 Å². The SMILES string of the molecule is CCNc1nc(-c2ccncc2F)cc(C(F)(F)F)n1. The molecule has 0 atom stereocenters. The summed E-state index contributed by atoms with van der Waals surface area (Å²) in [5.41, 5.74) is -1.34. The number of nitrogens with zero attached hydrogens (tertiary/aromatic N) is 3. The third-order valence-electron chi connectivity index (χ3n) is 2.40. The molecule has 0 radical (unpaired) electrons. The number of pyridine rings is 1. The molecule has 0 aromatic carbocycles. The van der Waals surface area contributed by atoms with E-state index in [4.69, 9.17) is 0 Å². The molecule has 0 unspecified atom stereocenters. The lowest BCUT2D eigenvalue weighted by atomic mass is 10.1. The van der Waals surface area contributed by atoms with Crippen molar-refractivity contribution in [2.24, 2.45) is 0 Å². The summed E-state index contributed by atoms with van der Waals surface area (Å²) in [5, 5.41) is 2.59. The van der Waals surface area contributed by atoms with Crippen LogP contribution in [0.1, 0.15) is 12.6 Å². The molecular weight excluding hydrogens is 276 g/mol. The van der Waals surface area contributed by atoms with E-state index >= 15 is 0 Å². The average Bonchev–Trinajstić information content (AvgIpc) is 2.38. The Bertz CT molecular complexity index is 613. The lowest BCUT2D eigenvalue weighted by molar-refractivity contribution is -0.141. The van der Waals surface area contributed by atoms with Gasteiger partial charge in [-0.15, -0.1) is 0 Å². The van der Waals surface area contributed by atoms with Crippen LogP contribution < -0.4 is 5.32 Å². The summed E-state index contributed by atoms with van der Waals surface area (Å²) >= 11 is 0. The first-order valence-electron chi connectivity index (χ1n) is 5.72. The molecule has 4 nitrogen and oxygen atoms in total. The predicted molar refractivity (Wildman–Crippen MR) is 64.4 cm³/mol. The average molecular weight is 286 g/mol. The first kappa shape index (κ1) is 14.2. The molecule has 0 saturated heterocycles. The molecule has 0 aliphatic rings. The molecule has 0 aliphatic heterocycles. The van der Waals surface area contributed by atoms with Crippen LogP contribution in [-0.4, -0.2) is 21.5 Å². The molecule has 2 aromatic rings. The minimum Gasteiger partial charge on any atom is -0.354 e. The highest BCUT2D eigenvalue weighted by Crippen LogP contribution is 2.31. The summed E-state index contributed by atoms with van der Waals surface area (Å²) in [6.45, 7) is 2.04. The van der Waals surface area contributed by atoms with Crippen molar-refractivity contribution < 1.29 is 17.6 Å². The maximum absolute atomic E-state index is 13.6. The molecular formula is C12H10F4N4. The lowest BCUT2D eigenvalue weighted by Crippen LogP contribution is -2.12. The number of hydrogen-bond acceptors (Lipinski definition) is 4. The van der Waals surface area contributed by atoms with Gasteiger partial charge in [0, 0.05) is 18.3 Å². The van der Waals surface area contributed by atoms with Gasteiger partial charge in [0.15, 0.2) is 11.5 Å². The Hall–Kier alpha value is -2.25. The second-order valence-corrected chi connectivity index (χ2v) is 3.85. The fourth-order valence-electron chi connectivity index (χ4n) is 1.55. The molecule has 0 saturated carbocycles. The first-order chi connectivity index (χ1) is 9.41. The van der Waals surface area contributed by atoms with Gasteiger partial charge in [-0.3, -0.25) is 4.98 Å². The van der Waals surface area contributed by atoms with Gasteiger partial charge in [0.05, 0.1) is 11.9 Å². The standard InChI is InChI=1S/C12H10F4N4/c1-2-18-11-19-9(5-10(20-11)12(14,15)16)7-3-4-17-6-8(7)13/h3-6H,2H2,1H3,(H,18,19,20). The maximum Gasteiger partial charge on any atom is 0.433 e. The van der Waals surface area contributed by atoms with Gasteiger partial charge >= 0.3 is 6.18 Å². The Morgan fingerprint density at radius 2 is 2.00 bits per heavy atom. The van der Waals surface area contributed by atoms with Crippen molar-refractivity contribution in [3.8, 4) is 11.3 Å². The largest absolute Gasteiger partial charge is 0.433 e. The van der Waals surface area contributed by atoms with Crippen LogP contribution in [0.15, 0.2) is 24.5 Å². The monoisotopic (exact) mass is 286 g/mol. The molecule has 2 heterocycles. The van der Waals surface area contributed by atoms with E-state index < -0.39 is 17.7 Å². The molecule has 106 valence electrons. The Morgan fingerprint density at radius 3 is 2.60 bits per heavy atom. The number of hydrogen-bond donors (Lipinski definition) is 1. The maximum atomic E-state index is 13.6. The zero-order valence-electron chi connectivity index (χ0n) is 10.4. The van der Waals surface area contributed by atoms with E-state index in [1.165, 1.54) is 12.3 Å². The summed E-state index contributed by atoms with van der Waals surface area (Å²) < 4.78 is 51.9. The van der Waals surface area contributed by atoms with E-state index in [0.29, 0.717) is 12.6 Å².